The standard InChI is InChI=1S/C19H18ClFN4O2S/c1-11(2)6-8-23-17(26)16-15(7-9-28-16)25-18(23)22-24(19(25)27)10-12-13(20)4-3-5-14(12)21/h3-5,7,9,11H,6,8,10H2,1-2H3. The first kappa shape index (κ1) is 18.9. The number of hydrogen-bond acceptors (Lipinski definition) is 4. The van der Waals surface area contributed by atoms with Gasteiger partial charge in [0, 0.05) is 17.1 Å². The van der Waals surface area contributed by atoms with Crippen molar-refractivity contribution in [3.05, 3.63) is 66.9 Å². The monoisotopic (exact) mass is 420 g/mol. The summed E-state index contributed by atoms with van der Waals surface area (Å²) in [6.07, 6.45) is 0.770. The van der Waals surface area contributed by atoms with Crippen LogP contribution in [0.15, 0.2) is 39.2 Å². The highest BCUT2D eigenvalue weighted by Gasteiger charge is 2.19. The molecule has 0 amide bonds. The summed E-state index contributed by atoms with van der Waals surface area (Å²) in [6.45, 7) is 4.47. The number of aryl methyl sites for hydroxylation is 1. The van der Waals surface area contributed by atoms with Gasteiger partial charge < -0.3 is 0 Å². The fourth-order valence-corrected chi connectivity index (χ4v) is 4.21. The van der Waals surface area contributed by atoms with Gasteiger partial charge in [-0.3, -0.25) is 9.36 Å². The van der Waals surface area contributed by atoms with Gasteiger partial charge in [-0.25, -0.2) is 18.3 Å². The molecule has 28 heavy (non-hydrogen) atoms. The predicted molar refractivity (Wildman–Crippen MR) is 109 cm³/mol. The summed E-state index contributed by atoms with van der Waals surface area (Å²) >= 11 is 7.40. The number of fused-ring (bicyclic) bond motifs is 3. The van der Waals surface area contributed by atoms with Crippen molar-refractivity contribution in [1.82, 2.24) is 18.7 Å². The van der Waals surface area contributed by atoms with E-state index < -0.39 is 11.5 Å². The maximum Gasteiger partial charge on any atom is 0.352 e. The summed E-state index contributed by atoms with van der Waals surface area (Å²) in [6, 6.07) is 6.09. The van der Waals surface area contributed by atoms with Crippen LogP contribution in [-0.2, 0) is 13.1 Å². The normalized spacial score (nSPS) is 11.9. The van der Waals surface area contributed by atoms with Crippen molar-refractivity contribution in [2.75, 3.05) is 0 Å². The molecule has 6 nitrogen and oxygen atoms in total. The van der Waals surface area contributed by atoms with E-state index in [4.69, 9.17) is 11.6 Å². The van der Waals surface area contributed by atoms with Crippen molar-refractivity contribution in [1.29, 1.82) is 0 Å². The van der Waals surface area contributed by atoms with E-state index in [0.717, 1.165) is 11.1 Å². The zero-order valence-corrected chi connectivity index (χ0v) is 16.9. The minimum Gasteiger partial charge on any atom is -0.276 e. The Bertz CT molecular complexity index is 1280. The van der Waals surface area contributed by atoms with E-state index in [2.05, 4.69) is 18.9 Å². The van der Waals surface area contributed by atoms with Crippen molar-refractivity contribution in [2.45, 2.75) is 33.4 Å². The Morgan fingerprint density at radius 2 is 2.04 bits per heavy atom. The van der Waals surface area contributed by atoms with E-state index in [9.17, 15) is 14.0 Å². The second-order valence-corrected chi connectivity index (χ2v) is 8.37. The lowest BCUT2D eigenvalue weighted by atomic mass is 10.1. The Hall–Kier alpha value is -2.45. The average Bonchev–Trinajstić information content (AvgIpc) is 3.23. The number of rotatable bonds is 5. The first-order chi connectivity index (χ1) is 13.4. The Morgan fingerprint density at radius 3 is 2.75 bits per heavy atom. The van der Waals surface area contributed by atoms with Gasteiger partial charge >= 0.3 is 5.69 Å². The molecule has 0 atom stereocenters. The molecule has 0 aliphatic carbocycles. The lowest BCUT2D eigenvalue weighted by Gasteiger charge is -2.09. The van der Waals surface area contributed by atoms with Crippen molar-refractivity contribution in [3.8, 4) is 0 Å². The molecule has 0 aliphatic rings. The van der Waals surface area contributed by atoms with Gasteiger partial charge in [0.25, 0.3) is 5.56 Å². The van der Waals surface area contributed by atoms with Gasteiger partial charge in [-0.1, -0.05) is 31.5 Å². The van der Waals surface area contributed by atoms with Crippen LogP contribution in [0.5, 0.6) is 0 Å². The molecule has 0 bridgehead atoms. The fraction of sp³-hybridized carbons (Fsp3) is 0.316. The third-order valence-electron chi connectivity index (χ3n) is 4.69. The quantitative estimate of drug-likeness (QED) is 0.494. The Balaban J connectivity index is 1.96. The molecule has 0 N–H and O–H groups in total. The van der Waals surface area contributed by atoms with Crippen LogP contribution in [-0.4, -0.2) is 18.7 Å². The summed E-state index contributed by atoms with van der Waals surface area (Å²) in [4.78, 5) is 26.0. The Kier molecular flexibility index (Phi) is 4.84. The number of benzene rings is 1. The third-order valence-corrected chi connectivity index (χ3v) is 5.93. The molecule has 0 fully saturated rings. The molecule has 4 aromatic rings. The number of thiophene rings is 1. The van der Waals surface area contributed by atoms with Gasteiger partial charge in [0.15, 0.2) is 0 Å². The van der Waals surface area contributed by atoms with Gasteiger partial charge in [-0.05, 0) is 35.9 Å². The van der Waals surface area contributed by atoms with Gasteiger partial charge in [-0.2, -0.15) is 0 Å². The molecule has 9 heteroatoms. The van der Waals surface area contributed by atoms with Crippen LogP contribution >= 0.6 is 22.9 Å². The predicted octanol–water partition coefficient (Wildman–Crippen LogP) is 3.76. The van der Waals surface area contributed by atoms with Crippen LogP contribution < -0.4 is 11.2 Å². The molecule has 0 saturated carbocycles. The van der Waals surface area contributed by atoms with E-state index in [1.807, 2.05) is 0 Å². The summed E-state index contributed by atoms with van der Waals surface area (Å²) in [7, 11) is 0. The number of hydrogen-bond donors (Lipinski definition) is 0. The number of aromatic nitrogens is 4. The number of nitrogens with zero attached hydrogens (tertiary/aromatic N) is 4. The molecule has 4 rings (SSSR count). The van der Waals surface area contributed by atoms with Gasteiger partial charge in [0.05, 0.1) is 12.1 Å². The smallest absolute Gasteiger partial charge is 0.276 e. The second-order valence-electron chi connectivity index (χ2n) is 7.05. The number of halogens is 2. The van der Waals surface area contributed by atoms with E-state index >= 15 is 0 Å². The lowest BCUT2D eigenvalue weighted by molar-refractivity contribution is 0.511. The van der Waals surface area contributed by atoms with Crippen molar-refractivity contribution < 1.29 is 4.39 Å². The molecule has 0 saturated heterocycles. The lowest BCUT2D eigenvalue weighted by Crippen LogP contribution is -2.26. The maximum atomic E-state index is 14.2. The topological polar surface area (TPSA) is 61.3 Å². The van der Waals surface area contributed by atoms with Crippen LogP contribution in [0.3, 0.4) is 0 Å². The minimum absolute atomic E-state index is 0.115. The molecular formula is C19H18ClFN4O2S. The molecule has 1 aromatic carbocycles. The zero-order chi connectivity index (χ0) is 20.0. The second kappa shape index (κ2) is 7.18. The van der Waals surface area contributed by atoms with Crippen molar-refractivity contribution in [2.24, 2.45) is 5.92 Å². The molecule has 0 radical (unpaired) electrons. The Morgan fingerprint density at radius 1 is 1.25 bits per heavy atom. The highest BCUT2D eigenvalue weighted by molar-refractivity contribution is 7.17. The molecule has 146 valence electrons. The van der Waals surface area contributed by atoms with Crippen LogP contribution in [0.2, 0.25) is 5.02 Å². The molecule has 3 aromatic heterocycles. The van der Waals surface area contributed by atoms with Crippen LogP contribution in [0.1, 0.15) is 25.8 Å². The Labute approximate surface area is 168 Å². The van der Waals surface area contributed by atoms with Crippen molar-refractivity contribution in [3.63, 3.8) is 0 Å². The summed E-state index contributed by atoms with van der Waals surface area (Å²) in [5, 5.41) is 6.37. The van der Waals surface area contributed by atoms with E-state index in [-0.39, 0.29) is 28.5 Å². The average molecular weight is 421 g/mol. The summed E-state index contributed by atoms with van der Waals surface area (Å²) in [5.41, 5.74) is 0.101. The SMILES string of the molecule is CC(C)CCn1c(=O)c2sccc2n2c(=O)n(Cc3c(F)cccc3Cl)nc12. The fourth-order valence-electron chi connectivity index (χ4n) is 3.16. The molecule has 0 unspecified atom stereocenters. The van der Waals surface area contributed by atoms with Gasteiger partial charge in [0.2, 0.25) is 5.78 Å². The van der Waals surface area contributed by atoms with Crippen molar-refractivity contribution >= 4 is 38.9 Å². The van der Waals surface area contributed by atoms with E-state index in [1.54, 1.807) is 17.5 Å². The first-order valence-corrected chi connectivity index (χ1v) is 10.2. The first-order valence-electron chi connectivity index (χ1n) is 8.91. The van der Waals surface area contributed by atoms with E-state index in [1.165, 1.54) is 32.4 Å². The van der Waals surface area contributed by atoms with Gasteiger partial charge in [0.1, 0.15) is 10.5 Å². The molecule has 3 heterocycles. The van der Waals surface area contributed by atoms with Gasteiger partial charge in [-0.15, -0.1) is 16.4 Å². The van der Waals surface area contributed by atoms with Crippen LogP contribution in [0.25, 0.3) is 16.0 Å². The zero-order valence-electron chi connectivity index (χ0n) is 15.4. The molecule has 0 spiro atoms. The molecular weight excluding hydrogens is 403 g/mol. The largest absolute Gasteiger partial charge is 0.352 e. The van der Waals surface area contributed by atoms with Crippen LogP contribution in [0.4, 0.5) is 4.39 Å². The van der Waals surface area contributed by atoms with E-state index in [0.29, 0.717) is 22.7 Å². The highest BCUT2D eigenvalue weighted by atomic mass is 35.5. The third kappa shape index (κ3) is 3.06. The minimum atomic E-state index is -0.505. The molecule has 0 aliphatic heterocycles. The maximum absolute atomic E-state index is 14.2. The van der Waals surface area contributed by atoms with Crippen LogP contribution in [0, 0.1) is 11.7 Å². The summed E-state index contributed by atoms with van der Waals surface area (Å²) in [5.74, 6) is 0.139. The summed E-state index contributed by atoms with van der Waals surface area (Å²) < 4.78 is 18.8. The highest BCUT2D eigenvalue weighted by Crippen LogP contribution is 2.21.